The lowest BCUT2D eigenvalue weighted by molar-refractivity contribution is -0.124. The average Bonchev–Trinajstić information content (AvgIpc) is 2.55. The molecular weight excluding hydrogens is 214 g/mol. The van der Waals surface area contributed by atoms with Crippen LogP contribution in [-0.2, 0) is 9.53 Å². The van der Waals surface area contributed by atoms with Gasteiger partial charge < -0.3 is 4.74 Å². The van der Waals surface area contributed by atoms with Crippen molar-refractivity contribution in [3.05, 3.63) is 0 Å². The zero-order valence-electron chi connectivity index (χ0n) is 11.0. The summed E-state index contributed by atoms with van der Waals surface area (Å²) in [7, 11) is 2.09. The molecule has 0 amide bonds. The van der Waals surface area contributed by atoms with Crippen LogP contribution in [0.4, 0.5) is 0 Å². The van der Waals surface area contributed by atoms with Crippen molar-refractivity contribution >= 4 is 5.78 Å². The minimum Gasteiger partial charge on any atom is -0.377 e. The highest BCUT2D eigenvalue weighted by Gasteiger charge is 2.26. The molecular formula is C14H25NO2. The summed E-state index contributed by atoms with van der Waals surface area (Å²) in [6.45, 7) is 1.83. The van der Waals surface area contributed by atoms with Crippen molar-refractivity contribution in [2.45, 2.75) is 63.5 Å². The first-order valence-corrected chi connectivity index (χ1v) is 7.12. The van der Waals surface area contributed by atoms with E-state index >= 15 is 0 Å². The van der Waals surface area contributed by atoms with Crippen LogP contribution in [0.5, 0.6) is 0 Å². The predicted molar refractivity (Wildman–Crippen MR) is 68.1 cm³/mol. The molecule has 0 spiro atoms. The highest BCUT2D eigenvalue weighted by molar-refractivity contribution is 5.84. The van der Waals surface area contributed by atoms with E-state index in [0.29, 0.717) is 11.9 Å². The van der Waals surface area contributed by atoms with Crippen LogP contribution in [0.15, 0.2) is 0 Å². The van der Waals surface area contributed by atoms with E-state index in [2.05, 4.69) is 11.9 Å². The van der Waals surface area contributed by atoms with E-state index in [0.717, 1.165) is 38.8 Å². The number of ketones is 1. The Morgan fingerprint density at radius 1 is 1.18 bits per heavy atom. The van der Waals surface area contributed by atoms with Gasteiger partial charge in [0.05, 0.1) is 12.1 Å². The number of rotatable bonds is 3. The van der Waals surface area contributed by atoms with Crippen molar-refractivity contribution in [3.63, 3.8) is 0 Å². The molecule has 2 rings (SSSR count). The van der Waals surface area contributed by atoms with Gasteiger partial charge in [-0.15, -0.1) is 0 Å². The summed E-state index contributed by atoms with van der Waals surface area (Å²) in [5, 5.41) is 0. The third-order valence-electron chi connectivity index (χ3n) is 4.07. The van der Waals surface area contributed by atoms with Gasteiger partial charge in [0.15, 0.2) is 0 Å². The Kier molecular flexibility index (Phi) is 4.99. The van der Waals surface area contributed by atoms with Crippen molar-refractivity contribution in [3.8, 4) is 0 Å². The topological polar surface area (TPSA) is 29.5 Å². The van der Waals surface area contributed by atoms with Gasteiger partial charge in [-0.25, -0.2) is 0 Å². The van der Waals surface area contributed by atoms with Crippen LogP contribution >= 0.6 is 0 Å². The molecule has 2 unspecified atom stereocenters. The zero-order valence-corrected chi connectivity index (χ0v) is 11.0. The number of likely N-dealkylation sites (N-methyl/N-ethyl adjacent to an activating group) is 1. The second-order valence-electron chi connectivity index (χ2n) is 5.51. The maximum absolute atomic E-state index is 12.0. The van der Waals surface area contributed by atoms with E-state index in [1.54, 1.807) is 0 Å². The molecule has 17 heavy (non-hydrogen) atoms. The first-order chi connectivity index (χ1) is 8.27. The molecule has 1 saturated heterocycles. The Balaban J connectivity index is 1.84. The van der Waals surface area contributed by atoms with Gasteiger partial charge in [-0.3, -0.25) is 9.69 Å². The van der Waals surface area contributed by atoms with Crippen LogP contribution in [0.3, 0.4) is 0 Å². The van der Waals surface area contributed by atoms with E-state index in [1.807, 2.05) is 0 Å². The number of hydrogen-bond acceptors (Lipinski definition) is 3. The fraction of sp³-hybridized carbons (Fsp3) is 0.929. The van der Waals surface area contributed by atoms with Crippen molar-refractivity contribution < 1.29 is 9.53 Å². The second kappa shape index (κ2) is 6.50. The number of nitrogens with zero attached hydrogens (tertiary/aromatic N) is 1. The van der Waals surface area contributed by atoms with Crippen molar-refractivity contribution in [1.29, 1.82) is 0 Å². The van der Waals surface area contributed by atoms with E-state index < -0.39 is 0 Å². The Hall–Kier alpha value is -0.410. The van der Waals surface area contributed by atoms with Gasteiger partial charge in [-0.2, -0.15) is 0 Å². The fourth-order valence-electron chi connectivity index (χ4n) is 3.01. The number of carbonyl (C=O) groups is 1. The van der Waals surface area contributed by atoms with E-state index in [4.69, 9.17) is 4.74 Å². The van der Waals surface area contributed by atoms with E-state index in [9.17, 15) is 4.79 Å². The van der Waals surface area contributed by atoms with Gasteiger partial charge in [0, 0.05) is 19.6 Å². The molecule has 0 radical (unpaired) electrons. The first kappa shape index (κ1) is 13.0. The third kappa shape index (κ3) is 3.78. The molecule has 0 bridgehead atoms. The van der Waals surface area contributed by atoms with Gasteiger partial charge in [0.2, 0.25) is 0 Å². The van der Waals surface area contributed by atoms with Crippen molar-refractivity contribution in [2.24, 2.45) is 0 Å². The molecule has 1 heterocycles. The molecule has 1 saturated carbocycles. The van der Waals surface area contributed by atoms with Gasteiger partial charge in [0.1, 0.15) is 5.78 Å². The van der Waals surface area contributed by atoms with Crippen molar-refractivity contribution in [1.82, 2.24) is 4.90 Å². The second-order valence-corrected chi connectivity index (χ2v) is 5.51. The minimum atomic E-state index is 0.156. The number of carbonyl (C=O) groups excluding carboxylic acids is 1. The molecule has 0 aromatic carbocycles. The first-order valence-electron chi connectivity index (χ1n) is 7.12. The molecule has 0 N–H and O–H groups in total. The van der Waals surface area contributed by atoms with E-state index in [1.165, 1.54) is 25.7 Å². The summed E-state index contributed by atoms with van der Waals surface area (Å²) in [6, 6.07) is 0.156. The molecule has 2 aliphatic rings. The molecule has 1 aliphatic carbocycles. The predicted octanol–water partition coefficient (Wildman–Crippen LogP) is 2.39. The normalized spacial score (nSPS) is 31.5. The van der Waals surface area contributed by atoms with Crippen molar-refractivity contribution in [2.75, 3.05) is 20.2 Å². The summed E-state index contributed by atoms with van der Waals surface area (Å²) in [4.78, 5) is 14.3. The van der Waals surface area contributed by atoms with Crippen LogP contribution in [0.2, 0.25) is 0 Å². The van der Waals surface area contributed by atoms with Gasteiger partial charge in [-0.1, -0.05) is 12.8 Å². The van der Waals surface area contributed by atoms with Crippen LogP contribution in [0.1, 0.15) is 51.4 Å². The Morgan fingerprint density at radius 3 is 2.76 bits per heavy atom. The molecule has 3 heteroatoms. The molecule has 1 aliphatic heterocycles. The smallest absolute Gasteiger partial charge is 0.149 e. The van der Waals surface area contributed by atoms with Crippen LogP contribution in [-0.4, -0.2) is 43.0 Å². The molecule has 0 aromatic rings. The summed E-state index contributed by atoms with van der Waals surface area (Å²) >= 11 is 0. The molecule has 2 atom stereocenters. The molecule has 0 aromatic heterocycles. The van der Waals surface area contributed by atoms with Gasteiger partial charge in [0.25, 0.3) is 0 Å². The van der Waals surface area contributed by atoms with Crippen LogP contribution < -0.4 is 0 Å². The summed E-state index contributed by atoms with van der Waals surface area (Å²) in [5.41, 5.74) is 0. The Bertz CT molecular complexity index is 249. The Morgan fingerprint density at radius 2 is 2.00 bits per heavy atom. The largest absolute Gasteiger partial charge is 0.377 e. The standard InChI is InChI=1S/C14H25NO2/c1-15(11-12-7-5-6-10-17-12)13-8-3-2-4-9-14(13)16/h12-13H,2-11H2,1H3. The highest BCUT2D eigenvalue weighted by Crippen LogP contribution is 2.20. The average molecular weight is 239 g/mol. The minimum absolute atomic E-state index is 0.156. The number of Topliss-reactive ketones (excluding diaryl/α,β-unsaturated/α-hetero) is 1. The monoisotopic (exact) mass is 239 g/mol. The SMILES string of the molecule is CN(CC1CCCCO1)C1CCCCCC1=O. The Labute approximate surface area is 105 Å². The molecule has 98 valence electrons. The zero-order chi connectivity index (χ0) is 12.1. The third-order valence-corrected chi connectivity index (χ3v) is 4.07. The lowest BCUT2D eigenvalue weighted by atomic mass is 10.0. The quantitative estimate of drug-likeness (QED) is 0.708. The summed E-state index contributed by atoms with van der Waals surface area (Å²) in [5.74, 6) is 0.445. The van der Waals surface area contributed by atoms with Crippen LogP contribution in [0.25, 0.3) is 0 Å². The maximum atomic E-state index is 12.0. The lowest BCUT2D eigenvalue weighted by Crippen LogP contribution is -2.43. The molecule has 3 nitrogen and oxygen atoms in total. The highest BCUT2D eigenvalue weighted by atomic mass is 16.5. The maximum Gasteiger partial charge on any atom is 0.149 e. The van der Waals surface area contributed by atoms with Gasteiger partial charge >= 0.3 is 0 Å². The fourth-order valence-corrected chi connectivity index (χ4v) is 3.01. The number of ether oxygens (including phenoxy) is 1. The number of hydrogen-bond donors (Lipinski definition) is 0. The molecule has 2 fully saturated rings. The summed E-state index contributed by atoms with van der Waals surface area (Å²) in [6.07, 6.45) is 9.31. The van der Waals surface area contributed by atoms with Gasteiger partial charge in [-0.05, 0) is 39.2 Å². The summed E-state index contributed by atoms with van der Waals surface area (Å²) < 4.78 is 5.75. The van der Waals surface area contributed by atoms with Crippen LogP contribution in [0, 0.1) is 0 Å². The van der Waals surface area contributed by atoms with E-state index in [-0.39, 0.29) is 6.04 Å². The lowest BCUT2D eigenvalue weighted by Gasteiger charge is -2.31.